The summed E-state index contributed by atoms with van der Waals surface area (Å²) in [6.45, 7) is 5.35. The normalized spacial score (nSPS) is 22.5. The maximum atomic E-state index is 11.7. The van der Waals surface area contributed by atoms with E-state index in [1.165, 1.54) is 42.3 Å². The van der Waals surface area contributed by atoms with Gasteiger partial charge in [0.1, 0.15) is 6.54 Å². The first kappa shape index (κ1) is 17.6. The molecule has 26 heavy (non-hydrogen) atoms. The molecule has 5 heteroatoms. The highest BCUT2D eigenvalue weighted by atomic mass is 16.5. The molecule has 0 unspecified atom stereocenters. The first-order valence-corrected chi connectivity index (χ1v) is 9.79. The summed E-state index contributed by atoms with van der Waals surface area (Å²) < 4.78 is 7.59. The molecule has 0 bridgehead atoms. The molecule has 2 aliphatic rings. The van der Waals surface area contributed by atoms with Crippen LogP contribution in [0.15, 0.2) is 18.2 Å². The van der Waals surface area contributed by atoms with E-state index in [4.69, 9.17) is 10.5 Å². The average molecular weight is 355 g/mol. The van der Waals surface area contributed by atoms with Gasteiger partial charge in [-0.2, -0.15) is 0 Å². The highest BCUT2D eigenvalue weighted by Crippen LogP contribution is 2.45. The number of rotatable bonds is 6. The zero-order valence-electron chi connectivity index (χ0n) is 15.8. The summed E-state index contributed by atoms with van der Waals surface area (Å²) in [6.07, 6.45) is 4.75. The van der Waals surface area contributed by atoms with E-state index < -0.39 is 0 Å². The van der Waals surface area contributed by atoms with Crippen molar-refractivity contribution in [3.63, 3.8) is 0 Å². The standard InChI is InChI=1S/C21H29N3O2/c1-3-9-23-10-5-7-14-15-6-4-8-17-21(15)16(11-18(14)23)19(13-26-2)24(17)12-20(22)25/h4,6,8,14,18H,3,5,7,9-13H2,1-2H3,(H2,22,25)/t14-,18-/m1/s1. The number of piperidine rings is 1. The highest BCUT2D eigenvalue weighted by Gasteiger charge is 2.38. The highest BCUT2D eigenvalue weighted by molar-refractivity contribution is 5.91. The van der Waals surface area contributed by atoms with Crippen LogP contribution in [0, 0.1) is 0 Å². The lowest BCUT2D eigenvalue weighted by Gasteiger charge is -2.44. The van der Waals surface area contributed by atoms with E-state index >= 15 is 0 Å². The van der Waals surface area contributed by atoms with E-state index in [-0.39, 0.29) is 12.5 Å². The van der Waals surface area contributed by atoms with Crippen LogP contribution in [0.3, 0.4) is 0 Å². The van der Waals surface area contributed by atoms with E-state index in [0.29, 0.717) is 18.6 Å². The number of carbonyl (C=O) groups is 1. The molecule has 1 aromatic carbocycles. The van der Waals surface area contributed by atoms with Crippen LogP contribution >= 0.6 is 0 Å². The monoisotopic (exact) mass is 355 g/mol. The molecule has 0 saturated carbocycles. The van der Waals surface area contributed by atoms with Gasteiger partial charge in [-0.15, -0.1) is 0 Å². The van der Waals surface area contributed by atoms with Crippen molar-refractivity contribution in [2.24, 2.45) is 5.73 Å². The zero-order valence-corrected chi connectivity index (χ0v) is 15.8. The second-order valence-corrected chi connectivity index (χ2v) is 7.71. The molecular formula is C21H29N3O2. The minimum Gasteiger partial charge on any atom is -0.378 e. The van der Waals surface area contributed by atoms with E-state index in [1.54, 1.807) is 7.11 Å². The Bertz CT molecular complexity index is 824. The van der Waals surface area contributed by atoms with Crippen LogP contribution in [0.25, 0.3) is 10.9 Å². The molecular weight excluding hydrogens is 326 g/mol. The van der Waals surface area contributed by atoms with Crippen molar-refractivity contribution in [1.29, 1.82) is 0 Å². The second-order valence-electron chi connectivity index (χ2n) is 7.71. The molecule has 2 N–H and O–H groups in total. The molecule has 1 saturated heterocycles. The molecule has 0 spiro atoms. The van der Waals surface area contributed by atoms with Gasteiger partial charge in [0.2, 0.25) is 5.91 Å². The first-order chi connectivity index (χ1) is 12.7. The number of carbonyl (C=O) groups excluding carboxylic acids is 1. The predicted octanol–water partition coefficient (Wildman–Crippen LogP) is 2.79. The lowest BCUT2D eigenvalue weighted by Crippen LogP contribution is -2.47. The molecule has 2 atom stereocenters. The number of amides is 1. The lowest BCUT2D eigenvalue weighted by molar-refractivity contribution is -0.118. The summed E-state index contributed by atoms with van der Waals surface area (Å²) in [5, 5.41) is 1.35. The Morgan fingerprint density at radius 3 is 2.96 bits per heavy atom. The SMILES string of the molecule is CCCN1CCC[C@@H]2c3cccc4c3c(c(COC)n4CC(N)=O)C[C@H]21. The van der Waals surface area contributed by atoms with E-state index in [1.807, 2.05) is 0 Å². The van der Waals surface area contributed by atoms with Gasteiger partial charge in [0.05, 0.1) is 6.61 Å². The smallest absolute Gasteiger partial charge is 0.237 e. The topological polar surface area (TPSA) is 60.5 Å². The number of ether oxygens (including phenoxy) is 1. The number of nitrogens with zero attached hydrogens (tertiary/aromatic N) is 2. The summed E-state index contributed by atoms with van der Waals surface area (Å²) in [5.74, 6) is 0.284. The van der Waals surface area contributed by atoms with Crippen LogP contribution in [0.4, 0.5) is 0 Å². The van der Waals surface area contributed by atoms with E-state index in [9.17, 15) is 4.79 Å². The summed E-state index contributed by atoms with van der Waals surface area (Å²) in [7, 11) is 1.72. The number of aromatic nitrogens is 1. The van der Waals surface area contributed by atoms with E-state index in [0.717, 1.165) is 24.2 Å². The van der Waals surface area contributed by atoms with Gasteiger partial charge in [-0.25, -0.2) is 0 Å². The number of likely N-dealkylation sites (tertiary alicyclic amines) is 1. The maximum Gasteiger partial charge on any atom is 0.237 e. The fourth-order valence-electron chi connectivity index (χ4n) is 5.27. The molecule has 1 aromatic heterocycles. The minimum absolute atomic E-state index is 0.215. The summed E-state index contributed by atoms with van der Waals surface area (Å²) in [4.78, 5) is 14.4. The number of nitrogens with two attached hydrogens (primary N) is 1. The Morgan fingerprint density at radius 1 is 1.38 bits per heavy atom. The number of hydrogen-bond donors (Lipinski definition) is 1. The van der Waals surface area contributed by atoms with Gasteiger partial charge < -0.3 is 15.0 Å². The number of hydrogen-bond acceptors (Lipinski definition) is 3. The van der Waals surface area contributed by atoms with Gasteiger partial charge in [-0.05, 0) is 56.0 Å². The lowest BCUT2D eigenvalue weighted by atomic mass is 9.74. The second kappa shape index (κ2) is 7.05. The van der Waals surface area contributed by atoms with Crippen molar-refractivity contribution in [3.8, 4) is 0 Å². The van der Waals surface area contributed by atoms with Crippen LogP contribution in [-0.2, 0) is 29.1 Å². The molecule has 0 radical (unpaired) electrons. The van der Waals surface area contributed by atoms with Gasteiger partial charge in [-0.1, -0.05) is 19.1 Å². The first-order valence-electron chi connectivity index (χ1n) is 9.79. The van der Waals surface area contributed by atoms with Gasteiger partial charge in [0, 0.05) is 35.7 Å². The molecule has 4 rings (SSSR count). The Morgan fingerprint density at radius 2 is 2.23 bits per heavy atom. The maximum absolute atomic E-state index is 11.7. The number of methoxy groups -OCH3 is 1. The molecule has 1 aliphatic heterocycles. The zero-order chi connectivity index (χ0) is 18.3. The molecule has 2 heterocycles. The Labute approximate surface area is 155 Å². The third kappa shape index (κ3) is 2.74. The Kier molecular flexibility index (Phi) is 4.76. The number of benzene rings is 1. The molecule has 1 aliphatic carbocycles. The van der Waals surface area contributed by atoms with Gasteiger partial charge in [0.25, 0.3) is 0 Å². The average Bonchev–Trinajstić information content (AvgIpc) is 2.91. The van der Waals surface area contributed by atoms with Crippen LogP contribution in [0.2, 0.25) is 0 Å². The third-order valence-corrected chi connectivity index (χ3v) is 6.15. The molecule has 2 aromatic rings. The van der Waals surface area contributed by atoms with Crippen molar-refractivity contribution in [2.75, 3.05) is 20.2 Å². The Hall–Kier alpha value is -1.85. The summed E-state index contributed by atoms with van der Waals surface area (Å²) in [5.41, 5.74) is 10.6. The molecule has 5 nitrogen and oxygen atoms in total. The third-order valence-electron chi connectivity index (χ3n) is 6.15. The van der Waals surface area contributed by atoms with Crippen LogP contribution in [0.1, 0.15) is 48.9 Å². The van der Waals surface area contributed by atoms with Crippen molar-refractivity contribution < 1.29 is 9.53 Å². The van der Waals surface area contributed by atoms with Crippen LogP contribution < -0.4 is 5.73 Å². The summed E-state index contributed by atoms with van der Waals surface area (Å²) in [6, 6.07) is 7.11. The van der Waals surface area contributed by atoms with Gasteiger partial charge in [-0.3, -0.25) is 9.69 Å². The fourth-order valence-corrected chi connectivity index (χ4v) is 5.27. The largest absolute Gasteiger partial charge is 0.378 e. The summed E-state index contributed by atoms with van der Waals surface area (Å²) >= 11 is 0. The quantitative estimate of drug-likeness (QED) is 0.867. The van der Waals surface area contributed by atoms with Gasteiger partial charge >= 0.3 is 0 Å². The Balaban J connectivity index is 1.89. The fraction of sp³-hybridized carbons (Fsp3) is 0.571. The molecule has 1 fully saturated rings. The predicted molar refractivity (Wildman–Crippen MR) is 103 cm³/mol. The van der Waals surface area contributed by atoms with Crippen molar-refractivity contribution in [2.45, 2.75) is 57.7 Å². The number of primary amides is 1. The molecule has 1 amide bonds. The van der Waals surface area contributed by atoms with Crippen LogP contribution in [-0.4, -0.2) is 41.6 Å². The van der Waals surface area contributed by atoms with Gasteiger partial charge in [0.15, 0.2) is 0 Å². The van der Waals surface area contributed by atoms with E-state index in [2.05, 4.69) is 34.6 Å². The molecule has 140 valence electrons. The van der Waals surface area contributed by atoms with Crippen molar-refractivity contribution >= 4 is 16.8 Å². The minimum atomic E-state index is -0.305. The van der Waals surface area contributed by atoms with Crippen molar-refractivity contribution in [3.05, 3.63) is 35.0 Å². The van der Waals surface area contributed by atoms with Crippen molar-refractivity contribution in [1.82, 2.24) is 9.47 Å². The van der Waals surface area contributed by atoms with Crippen LogP contribution in [0.5, 0.6) is 0 Å². The number of fused-ring (bicyclic) bond motifs is 2.